The van der Waals surface area contributed by atoms with Gasteiger partial charge in [-0.05, 0) is 68.3 Å². The first-order chi connectivity index (χ1) is 9.84. The second-order valence-electron chi connectivity index (χ2n) is 8.89. The zero-order chi connectivity index (χ0) is 14.9. The maximum Gasteiger partial charge on any atom is 0.135 e. The van der Waals surface area contributed by atoms with Crippen LogP contribution in [-0.4, -0.2) is 15.1 Å². The number of aliphatic hydroxyl groups excluding tert-OH is 1. The van der Waals surface area contributed by atoms with Crippen LogP contribution in [0.25, 0.3) is 0 Å². The lowest BCUT2D eigenvalue weighted by Gasteiger charge is -2.64. The molecule has 2 atom stereocenters. The van der Waals surface area contributed by atoms with Crippen LogP contribution in [0, 0.1) is 23.7 Å². The third-order valence-electron chi connectivity index (χ3n) is 6.17. The summed E-state index contributed by atoms with van der Waals surface area (Å²) in [7, 11) is 0. The minimum atomic E-state index is 0.0183. The molecule has 0 amide bonds. The Morgan fingerprint density at radius 2 is 1.76 bits per heavy atom. The van der Waals surface area contributed by atoms with Crippen LogP contribution in [-0.2, 0) is 12.0 Å². The van der Waals surface area contributed by atoms with Gasteiger partial charge in [0.1, 0.15) is 5.82 Å². The first-order valence-corrected chi connectivity index (χ1v) is 8.30. The smallest absolute Gasteiger partial charge is 0.135 e. The van der Waals surface area contributed by atoms with Gasteiger partial charge in [0, 0.05) is 11.1 Å². The first-order valence-electron chi connectivity index (χ1n) is 8.30. The highest BCUT2D eigenvalue weighted by molar-refractivity contribution is 5.24. The predicted octanol–water partition coefficient (Wildman–Crippen LogP) is 3.53. The van der Waals surface area contributed by atoms with Crippen LogP contribution in [0.5, 0.6) is 0 Å². The van der Waals surface area contributed by atoms with Gasteiger partial charge in [0.2, 0.25) is 0 Å². The summed E-state index contributed by atoms with van der Waals surface area (Å²) in [5.74, 6) is 1.87. The highest BCUT2D eigenvalue weighted by Crippen LogP contribution is 2.69. The lowest BCUT2D eigenvalue weighted by molar-refractivity contribution is -0.112. The van der Waals surface area contributed by atoms with Crippen LogP contribution < -0.4 is 0 Å². The molecule has 0 aromatic carbocycles. The molecule has 2 unspecified atom stereocenters. The Morgan fingerprint density at radius 1 is 1.10 bits per heavy atom. The normalized spacial score (nSPS) is 44.3. The van der Waals surface area contributed by atoms with Gasteiger partial charge in [-0.1, -0.05) is 13.8 Å². The number of aliphatic hydroxyl groups is 1. The van der Waals surface area contributed by atoms with Crippen molar-refractivity contribution in [3.63, 3.8) is 0 Å². The Balaban J connectivity index is 1.82. The first kappa shape index (κ1) is 13.7. The van der Waals surface area contributed by atoms with Crippen molar-refractivity contribution in [2.45, 2.75) is 71.3 Å². The van der Waals surface area contributed by atoms with Crippen molar-refractivity contribution >= 4 is 0 Å². The topological polar surface area (TPSA) is 46.0 Å². The molecule has 4 aliphatic rings. The van der Waals surface area contributed by atoms with Gasteiger partial charge in [-0.3, -0.25) is 0 Å². The number of aromatic nitrogens is 2. The van der Waals surface area contributed by atoms with E-state index in [4.69, 9.17) is 9.97 Å². The van der Waals surface area contributed by atoms with Gasteiger partial charge >= 0.3 is 0 Å². The van der Waals surface area contributed by atoms with Crippen molar-refractivity contribution in [2.75, 3.05) is 0 Å². The van der Waals surface area contributed by atoms with Crippen LogP contribution in [0.4, 0.5) is 0 Å². The number of aryl methyl sites for hydroxylation is 1. The molecule has 0 radical (unpaired) electrons. The van der Waals surface area contributed by atoms with Gasteiger partial charge in [-0.15, -0.1) is 0 Å². The number of hydrogen-bond donors (Lipinski definition) is 1. The molecule has 4 aliphatic carbocycles. The third-order valence-corrected chi connectivity index (χ3v) is 6.17. The van der Waals surface area contributed by atoms with E-state index in [1.54, 1.807) is 0 Å². The van der Waals surface area contributed by atoms with Crippen LogP contribution in [0.1, 0.15) is 69.6 Å². The Bertz CT molecular complexity index is 579. The molecule has 0 spiro atoms. The second-order valence-corrected chi connectivity index (χ2v) is 8.89. The number of rotatable bonds is 2. The summed E-state index contributed by atoms with van der Waals surface area (Å²) < 4.78 is 0. The van der Waals surface area contributed by atoms with Crippen molar-refractivity contribution in [3.05, 3.63) is 23.3 Å². The molecule has 1 heterocycles. The van der Waals surface area contributed by atoms with Crippen LogP contribution in [0.15, 0.2) is 6.07 Å². The summed E-state index contributed by atoms with van der Waals surface area (Å²) in [5, 5.41) is 9.48. The molecule has 114 valence electrons. The Labute approximate surface area is 127 Å². The summed E-state index contributed by atoms with van der Waals surface area (Å²) in [4.78, 5) is 9.56. The molecule has 4 fully saturated rings. The van der Waals surface area contributed by atoms with E-state index in [1.807, 2.05) is 13.0 Å². The van der Waals surface area contributed by atoms with Gasteiger partial charge in [-0.2, -0.15) is 0 Å². The van der Waals surface area contributed by atoms with Gasteiger partial charge in [0.05, 0.1) is 12.3 Å². The van der Waals surface area contributed by atoms with Crippen LogP contribution in [0.2, 0.25) is 0 Å². The maximum absolute atomic E-state index is 9.48. The second kappa shape index (κ2) is 4.07. The van der Waals surface area contributed by atoms with E-state index in [1.165, 1.54) is 38.5 Å². The van der Waals surface area contributed by atoms with Gasteiger partial charge < -0.3 is 5.11 Å². The molecule has 0 saturated heterocycles. The number of hydrogen-bond acceptors (Lipinski definition) is 3. The highest BCUT2D eigenvalue weighted by Gasteiger charge is 2.61. The van der Waals surface area contributed by atoms with E-state index in [0.29, 0.717) is 10.8 Å². The summed E-state index contributed by atoms with van der Waals surface area (Å²) in [5.41, 5.74) is 2.89. The molecule has 0 aliphatic heterocycles. The van der Waals surface area contributed by atoms with Crippen molar-refractivity contribution < 1.29 is 5.11 Å². The molecular formula is C18H26N2O. The average molecular weight is 286 g/mol. The minimum absolute atomic E-state index is 0.0183. The van der Waals surface area contributed by atoms with Crippen molar-refractivity contribution in [1.29, 1.82) is 0 Å². The summed E-state index contributed by atoms with van der Waals surface area (Å²) in [6, 6.07) is 1.91. The fourth-order valence-electron chi connectivity index (χ4n) is 6.65. The largest absolute Gasteiger partial charge is 0.390 e. The van der Waals surface area contributed by atoms with Gasteiger partial charge in [0.15, 0.2) is 0 Å². The van der Waals surface area contributed by atoms with E-state index in [2.05, 4.69) is 13.8 Å². The summed E-state index contributed by atoms with van der Waals surface area (Å²) >= 11 is 0. The molecule has 4 saturated carbocycles. The fourth-order valence-corrected chi connectivity index (χ4v) is 6.65. The zero-order valence-corrected chi connectivity index (χ0v) is 13.4. The van der Waals surface area contributed by atoms with E-state index < -0.39 is 0 Å². The SMILES string of the molecule is Cc1cc(CO)nc(C23CC4CC(C)(CC(C)(C4)C2)C3)n1. The van der Waals surface area contributed by atoms with E-state index in [0.717, 1.165) is 23.1 Å². The van der Waals surface area contributed by atoms with Gasteiger partial charge in [0.25, 0.3) is 0 Å². The fraction of sp³-hybridized carbons (Fsp3) is 0.778. The molecule has 21 heavy (non-hydrogen) atoms. The van der Waals surface area contributed by atoms with E-state index >= 15 is 0 Å². The van der Waals surface area contributed by atoms with Crippen LogP contribution >= 0.6 is 0 Å². The predicted molar refractivity (Wildman–Crippen MR) is 81.8 cm³/mol. The quantitative estimate of drug-likeness (QED) is 0.904. The molecule has 1 aromatic rings. The monoisotopic (exact) mass is 286 g/mol. The van der Waals surface area contributed by atoms with Gasteiger partial charge in [-0.25, -0.2) is 9.97 Å². The van der Waals surface area contributed by atoms with Crippen LogP contribution in [0.3, 0.4) is 0 Å². The third kappa shape index (κ3) is 2.04. The zero-order valence-electron chi connectivity index (χ0n) is 13.4. The summed E-state index contributed by atoms with van der Waals surface area (Å²) in [6.07, 6.45) is 7.89. The molecule has 1 N–H and O–H groups in total. The molecular weight excluding hydrogens is 260 g/mol. The molecule has 5 rings (SSSR count). The molecule has 3 nitrogen and oxygen atoms in total. The highest BCUT2D eigenvalue weighted by atomic mass is 16.3. The molecule has 4 bridgehead atoms. The lowest BCUT2D eigenvalue weighted by Crippen LogP contribution is -2.57. The molecule has 1 aromatic heterocycles. The maximum atomic E-state index is 9.48. The van der Waals surface area contributed by atoms with Crippen molar-refractivity contribution in [3.8, 4) is 0 Å². The van der Waals surface area contributed by atoms with Crippen molar-refractivity contribution in [2.24, 2.45) is 16.7 Å². The van der Waals surface area contributed by atoms with Crippen molar-refractivity contribution in [1.82, 2.24) is 9.97 Å². The average Bonchev–Trinajstić information content (AvgIpc) is 2.33. The van der Waals surface area contributed by atoms with E-state index in [-0.39, 0.29) is 12.0 Å². The summed E-state index contributed by atoms with van der Waals surface area (Å²) in [6.45, 7) is 7.00. The standard InChI is InChI=1S/C18H26N2O/c1-12-4-14(8-21)20-15(19-12)18-7-13-5-16(2,10-18)9-17(3,6-13)11-18/h4,13,21H,5-11H2,1-3H3. The Morgan fingerprint density at radius 3 is 2.33 bits per heavy atom. The Kier molecular flexibility index (Phi) is 2.65. The Hall–Kier alpha value is -0.960. The van der Waals surface area contributed by atoms with E-state index in [9.17, 15) is 5.11 Å². The lowest BCUT2D eigenvalue weighted by atomic mass is 9.40. The number of nitrogens with zero attached hydrogens (tertiary/aromatic N) is 2. The molecule has 3 heteroatoms. The minimum Gasteiger partial charge on any atom is -0.390 e.